The Morgan fingerprint density at radius 2 is 2.31 bits per heavy atom. The first-order valence-corrected chi connectivity index (χ1v) is 4.92. The third-order valence-corrected chi connectivity index (χ3v) is 2.53. The first-order chi connectivity index (χ1) is 6.27. The van der Waals surface area contributed by atoms with Gasteiger partial charge in [0.1, 0.15) is 0 Å². The van der Waals surface area contributed by atoms with Crippen molar-refractivity contribution in [3.63, 3.8) is 0 Å². The number of carbonyl (C=O) groups is 1. The van der Waals surface area contributed by atoms with Crippen molar-refractivity contribution in [1.82, 2.24) is 10.2 Å². The average Bonchev–Trinajstić information content (AvgIpc) is 2.89. The monoisotopic (exact) mass is 184 g/mol. The van der Waals surface area contributed by atoms with Crippen LogP contribution in [0.15, 0.2) is 0 Å². The number of carbonyl (C=O) groups excluding carboxylic acids is 1. The van der Waals surface area contributed by atoms with Crippen LogP contribution in [0.2, 0.25) is 0 Å². The number of ether oxygens (including phenoxy) is 1. The number of rotatable bonds is 1. The number of hydrogen-bond acceptors (Lipinski definition) is 2. The zero-order valence-corrected chi connectivity index (χ0v) is 7.95. The van der Waals surface area contributed by atoms with Crippen LogP contribution in [-0.2, 0) is 4.74 Å². The van der Waals surface area contributed by atoms with Crippen molar-refractivity contribution in [3.05, 3.63) is 0 Å². The van der Waals surface area contributed by atoms with Crippen molar-refractivity contribution in [3.8, 4) is 0 Å². The van der Waals surface area contributed by atoms with Crippen molar-refractivity contribution < 1.29 is 9.53 Å². The summed E-state index contributed by atoms with van der Waals surface area (Å²) in [6.45, 7) is 4.08. The van der Waals surface area contributed by atoms with E-state index < -0.39 is 0 Å². The van der Waals surface area contributed by atoms with Gasteiger partial charge in [0.2, 0.25) is 0 Å². The van der Waals surface area contributed by atoms with E-state index in [-0.39, 0.29) is 12.1 Å². The van der Waals surface area contributed by atoms with Gasteiger partial charge in [0.15, 0.2) is 0 Å². The second-order valence-electron chi connectivity index (χ2n) is 3.84. The molecule has 0 aromatic rings. The fourth-order valence-corrected chi connectivity index (χ4v) is 1.51. The van der Waals surface area contributed by atoms with Crippen molar-refractivity contribution in [2.45, 2.75) is 31.8 Å². The topological polar surface area (TPSA) is 41.6 Å². The second-order valence-corrected chi connectivity index (χ2v) is 3.84. The van der Waals surface area contributed by atoms with Crippen molar-refractivity contribution in [2.75, 3.05) is 19.8 Å². The molecular weight excluding hydrogens is 168 g/mol. The summed E-state index contributed by atoms with van der Waals surface area (Å²) in [7, 11) is 0. The van der Waals surface area contributed by atoms with Crippen molar-refractivity contribution >= 4 is 6.03 Å². The third-order valence-electron chi connectivity index (χ3n) is 2.53. The van der Waals surface area contributed by atoms with E-state index >= 15 is 0 Å². The van der Waals surface area contributed by atoms with Gasteiger partial charge < -0.3 is 15.0 Å². The summed E-state index contributed by atoms with van der Waals surface area (Å²) < 4.78 is 5.26. The van der Waals surface area contributed by atoms with Gasteiger partial charge in [-0.15, -0.1) is 0 Å². The number of nitrogens with one attached hydrogen (secondary N) is 1. The number of urea groups is 1. The Hall–Kier alpha value is -0.770. The maximum atomic E-state index is 11.6. The van der Waals surface area contributed by atoms with E-state index in [2.05, 4.69) is 5.32 Å². The van der Waals surface area contributed by atoms with E-state index in [9.17, 15) is 4.79 Å². The first kappa shape index (κ1) is 8.81. The van der Waals surface area contributed by atoms with Crippen LogP contribution in [0.3, 0.4) is 0 Å². The lowest BCUT2D eigenvalue weighted by Gasteiger charge is -2.33. The van der Waals surface area contributed by atoms with Gasteiger partial charge in [0.25, 0.3) is 0 Å². The normalized spacial score (nSPS) is 28.7. The fourth-order valence-electron chi connectivity index (χ4n) is 1.51. The summed E-state index contributed by atoms with van der Waals surface area (Å²) in [5.41, 5.74) is 0. The Morgan fingerprint density at radius 3 is 2.92 bits per heavy atom. The molecule has 13 heavy (non-hydrogen) atoms. The van der Waals surface area contributed by atoms with Crippen LogP contribution >= 0.6 is 0 Å². The number of morpholine rings is 1. The highest BCUT2D eigenvalue weighted by Gasteiger charge is 2.29. The van der Waals surface area contributed by atoms with Crippen LogP contribution in [0, 0.1) is 0 Å². The summed E-state index contributed by atoms with van der Waals surface area (Å²) in [5.74, 6) is 0. The fraction of sp³-hybridized carbons (Fsp3) is 0.889. The molecule has 0 spiro atoms. The van der Waals surface area contributed by atoms with Crippen LogP contribution in [0.25, 0.3) is 0 Å². The summed E-state index contributed by atoms with van der Waals surface area (Å²) in [4.78, 5) is 13.5. The standard InChI is InChI=1S/C9H16N2O2/c1-7-6-13-5-4-11(7)9(12)10-8-2-3-8/h7-8H,2-6H2,1H3,(H,10,12)/t7-/m1/s1. The van der Waals surface area contributed by atoms with Gasteiger partial charge in [-0.05, 0) is 19.8 Å². The molecule has 2 fully saturated rings. The molecule has 0 bridgehead atoms. The van der Waals surface area contributed by atoms with E-state index in [0.29, 0.717) is 19.3 Å². The molecule has 1 heterocycles. The molecule has 1 saturated carbocycles. The highest BCUT2D eigenvalue weighted by atomic mass is 16.5. The molecule has 2 amide bonds. The number of amides is 2. The minimum Gasteiger partial charge on any atom is -0.377 e. The largest absolute Gasteiger partial charge is 0.377 e. The summed E-state index contributed by atoms with van der Waals surface area (Å²) in [6, 6.07) is 0.744. The molecule has 2 aliphatic rings. The molecule has 1 saturated heterocycles. The van der Waals surface area contributed by atoms with Crippen LogP contribution in [0.4, 0.5) is 4.79 Å². The predicted octanol–water partition coefficient (Wildman–Crippen LogP) is 0.579. The zero-order chi connectivity index (χ0) is 9.26. The molecule has 1 atom stereocenters. The SMILES string of the molecule is C[C@@H]1COCCN1C(=O)NC1CC1. The van der Waals surface area contributed by atoms with Crippen LogP contribution in [0.1, 0.15) is 19.8 Å². The third kappa shape index (κ3) is 2.12. The number of hydrogen-bond donors (Lipinski definition) is 1. The summed E-state index contributed by atoms with van der Waals surface area (Å²) in [5, 5.41) is 2.99. The Balaban J connectivity index is 1.85. The molecule has 0 unspecified atom stereocenters. The predicted molar refractivity (Wildman–Crippen MR) is 48.5 cm³/mol. The lowest BCUT2D eigenvalue weighted by molar-refractivity contribution is 0.0190. The maximum Gasteiger partial charge on any atom is 0.318 e. The van der Waals surface area contributed by atoms with Gasteiger partial charge in [-0.2, -0.15) is 0 Å². The number of nitrogens with zero attached hydrogens (tertiary/aromatic N) is 1. The molecule has 4 nitrogen and oxygen atoms in total. The van der Waals surface area contributed by atoms with E-state index in [4.69, 9.17) is 4.74 Å². The average molecular weight is 184 g/mol. The Morgan fingerprint density at radius 1 is 1.54 bits per heavy atom. The molecule has 1 aliphatic heterocycles. The maximum absolute atomic E-state index is 11.6. The lowest BCUT2D eigenvalue weighted by atomic mass is 10.3. The minimum atomic E-state index is 0.0818. The molecule has 1 N–H and O–H groups in total. The Labute approximate surface area is 78.2 Å². The Bertz CT molecular complexity index is 204. The van der Waals surface area contributed by atoms with Gasteiger partial charge in [-0.3, -0.25) is 0 Å². The molecule has 4 heteroatoms. The van der Waals surface area contributed by atoms with E-state index in [0.717, 1.165) is 19.4 Å². The van der Waals surface area contributed by atoms with Gasteiger partial charge in [0, 0.05) is 12.6 Å². The highest BCUT2D eigenvalue weighted by molar-refractivity contribution is 5.75. The minimum absolute atomic E-state index is 0.0818. The summed E-state index contributed by atoms with van der Waals surface area (Å²) in [6.07, 6.45) is 2.29. The molecule has 1 aliphatic carbocycles. The zero-order valence-electron chi connectivity index (χ0n) is 7.95. The van der Waals surface area contributed by atoms with Crippen LogP contribution < -0.4 is 5.32 Å². The second kappa shape index (κ2) is 3.54. The van der Waals surface area contributed by atoms with Crippen LogP contribution in [-0.4, -0.2) is 42.8 Å². The van der Waals surface area contributed by atoms with Crippen molar-refractivity contribution in [2.24, 2.45) is 0 Å². The van der Waals surface area contributed by atoms with Gasteiger partial charge >= 0.3 is 6.03 Å². The van der Waals surface area contributed by atoms with E-state index in [1.54, 1.807) is 0 Å². The lowest BCUT2D eigenvalue weighted by Crippen LogP contribution is -2.51. The van der Waals surface area contributed by atoms with Crippen molar-refractivity contribution in [1.29, 1.82) is 0 Å². The molecule has 2 rings (SSSR count). The molecular formula is C9H16N2O2. The van der Waals surface area contributed by atoms with Gasteiger partial charge in [-0.25, -0.2) is 4.79 Å². The quantitative estimate of drug-likeness (QED) is 0.647. The van der Waals surface area contributed by atoms with Gasteiger partial charge in [0.05, 0.1) is 19.3 Å². The smallest absolute Gasteiger partial charge is 0.318 e. The molecule has 0 radical (unpaired) electrons. The molecule has 74 valence electrons. The first-order valence-electron chi connectivity index (χ1n) is 4.92. The van der Waals surface area contributed by atoms with E-state index in [1.807, 2.05) is 11.8 Å². The van der Waals surface area contributed by atoms with E-state index in [1.165, 1.54) is 0 Å². The molecule has 0 aromatic heterocycles. The highest BCUT2D eigenvalue weighted by Crippen LogP contribution is 2.19. The molecule has 0 aromatic carbocycles. The van der Waals surface area contributed by atoms with Crippen LogP contribution in [0.5, 0.6) is 0 Å². The van der Waals surface area contributed by atoms with Gasteiger partial charge in [-0.1, -0.05) is 0 Å². The summed E-state index contributed by atoms with van der Waals surface area (Å²) >= 11 is 0. The Kier molecular flexibility index (Phi) is 2.40.